The smallest absolute Gasteiger partial charge is 0.131 e. The minimum atomic E-state index is -0.138. The van der Waals surface area contributed by atoms with Crippen LogP contribution in [0.5, 0.6) is 0 Å². The van der Waals surface area contributed by atoms with E-state index in [1.165, 1.54) is 6.07 Å². The Morgan fingerprint density at radius 2 is 1.62 bits per heavy atom. The third-order valence-corrected chi connectivity index (χ3v) is 3.10. The van der Waals surface area contributed by atoms with Gasteiger partial charge in [0.05, 0.1) is 0 Å². The van der Waals surface area contributed by atoms with E-state index in [4.69, 9.17) is 0 Å². The van der Waals surface area contributed by atoms with Crippen molar-refractivity contribution in [2.24, 2.45) is 0 Å². The van der Waals surface area contributed by atoms with Gasteiger partial charge in [0.25, 0.3) is 0 Å². The molecular formula is C15H11F. The zero-order valence-electron chi connectivity index (χ0n) is 9.00. The van der Waals surface area contributed by atoms with Crippen molar-refractivity contribution in [1.82, 2.24) is 0 Å². The molecule has 0 spiro atoms. The molecule has 3 aromatic rings. The van der Waals surface area contributed by atoms with Crippen LogP contribution in [0.3, 0.4) is 0 Å². The zero-order valence-corrected chi connectivity index (χ0v) is 9.00. The van der Waals surface area contributed by atoms with Crippen LogP contribution in [0.1, 0.15) is 5.56 Å². The highest BCUT2D eigenvalue weighted by molar-refractivity contribution is 6.02. The molecule has 0 aliphatic heterocycles. The molecule has 1 heteroatoms. The quantitative estimate of drug-likeness (QED) is 0.481. The van der Waals surface area contributed by atoms with Crippen LogP contribution in [-0.4, -0.2) is 0 Å². The van der Waals surface area contributed by atoms with Gasteiger partial charge in [-0.15, -0.1) is 0 Å². The van der Waals surface area contributed by atoms with Gasteiger partial charge in [-0.1, -0.05) is 36.4 Å². The number of hydrogen-bond acceptors (Lipinski definition) is 0. The maximum atomic E-state index is 13.8. The Balaban J connectivity index is 2.62. The van der Waals surface area contributed by atoms with Crippen LogP contribution in [-0.2, 0) is 0 Å². The first-order valence-corrected chi connectivity index (χ1v) is 5.34. The third kappa shape index (κ3) is 1.21. The van der Waals surface area contributed by atoms with Crippen molar-refractivity contribution in [3.63, 3.8) is 0 Å². The summed E-state index contributed by atoms with van der Waals surface area (Å²) < 4.78 is 13.8. The molecule has 0 bridgehead atoms. The van der Waals surface area contributed by atoms with Gasteiger partial charge in [-0.2, -0.15) is 0 Å². The van der Waals surface area contributed by atoms with Crippen LogP contribution >= 0.6 is 0 Å². The SMILES string of the molecule is Cc1c2ccccc2cc2cccc(F)c12. The molecule has 0 nitrogen and oxygen atoms in total. The largest absolute Gasteiger partial charge is 0.206 e. The van der Waals surface area contributed by atoms with Crippen LogP contribution in [0.25, 0.3) is 21.5 Å². The van der Waals surface area contributed by atoms with Gasteiger partial charge in [0.1, 0.15) is 5.82 Å². The van der Waals surface area contributed by atoms with Crippen molar-refractivity contribution in [3.05, 3.63) is 59.9 Å². The van der Waals surface area contributed by atoms with E-state index in [2.05, 4.69) is 6.07 Å². The molecule has 0 aliphatic rings. The average molecular weight is 210 g/mol. The molecule has 0 aromatic heterocycles. The Morgan fingerprint density at radius 3 is 2.50 bits per heavy atom. The lowest BCUT2D eigenvalue weighted by Crippen LogP contribution is -1.86. The summed E-state index contributed by atoms with van der Waals surface area (Å²) in [5, 5.41) is 4.00. The first-order chi connectivity index (χ1) is 7.77. The van der Waals surface area contributed by atoms with Gasteiger partial charge in [0, 0.05) is 5.39 Å². The van der Waals surface area contributed by atoms with Crippen molar-refractivity contribution in [1.29, 1.82) is 0 Å². The third-order valence-electron chi connectivity index (χ3n) is 3.10. The van der Waals surface area contributed by atoms with Crippen LogP contribution < -0.4 is 0 Å². The average Bonchev–Trinajstić information content (AvgIpc) is 2.29. The van der Waals surface area contributed by atoms with Crippen molar-refractivity contribution < 1.29 is 4.39 Å². The summed E-state index contributed by atoms with van der Waals surface area (Å²) >= 11 is 0. The summed E-state index contributed by atoms with van der Waals surface area (Å²) in [7, 11) is 0. The van der Waals surface area contributed by atoms with E-state index in [0.29, 0.717) is 0 Å². The number of fused-ring (bicyclic) bond motifs is 2. The summed E-state index contributed by atoms with van der Waals surface area (Å²) in [6, 6.07) is 15.4. The first-order valence-electron chi connectivity index (χ1n) is 5.34. The van der Waals surface area contributed by atoms with Crippen molar-refractivity contribution in [2.75, 3.05) is 0 Å². The van der Waals surface area contributed by atoms with Crippen LogP contribution in [0, 0.1) is 12.7 Å². The van der Waals surface area contributed by atoms with Crippen molar-refractivity contribution >= 4 is 21.5 Å². The summed E-state index contributed by atoms with van der Waals surface area (Å²) in [6.07, 6.45) is 0. The lowest BCUT2D eigenvalue weighted by atomic mass is 9.97. The van der Waals surface area contributed by atoms with E-state index < -0.39 is 0 Å². The highest BCUT2D eigenvalue weighted by Crippen LogP contribution is 2.29. The van der Waals surface area contributed by atoms with E-state index in [0.717, 1.165) is 27.1 Å². The maximum absolute atomic E-state index is 13.8. The lowest BCUT2D eigenvalue weighted by molar-refractivity contribution is 0.639. The molecular weight excluding hydrogens is 199 g/mol. The molecule has 78 valence electrons. The predicted molar refractivity (Wildman–Crippen MR) is 66.1 cm³/mol. The zero-order chi connectivity index (χ0) is 11.1. The Labute approximate surface area is 93.3 Å². The Morgan fingerprint density at radius 1 is 0.875 bits per heavy atom. The minimum absolute atomic E-state index is 0.138. The fraction of sp³-hybridized carbons (Fsp3) is 0.0667. The first kappa shape index (κ1) is 9.34. The molecule has 0 aliphatic carbocycles. The van der Waals surface area contributed by atoms with Crippen LogP contribution in [0.15, 0.2) is 48.5 Å². The Kier molecular flexibility index (Phi) is 1.93. The van der Waals surface area contributed by atoms with Gasteiger partial charge in [-0.3, -0.25) is 0 Å². The van der Waals surface area contributed by atoms with E-state index in [1.807, 2.05) is 37.3 Å². The maximum Gasteiger partial charge on any atom is 0.131 e. The summed E-state index contributed by atoms with van der Waals surface area (Å²) in [4.78, 5) is 0. The number of hydrogen-bond donors (Lipinski definition) is 0. The molecule has 16 heavy (non-hydrogen) atoms. The topological polar surface area (TPSA) is 0 Å². The number of halogens is 1. The number of rotatable bonds is 0. The lowest BCUT2D eigenvalue weighted by Gasteiger charge is -2.08. The standard InChI is InChI=1S/C15H11F/c1-10-13-7-3-2-5-11(13)9-12-6-4-8-14(16)15(10)12/h2-9H,1H3. The van der Waals surface area contributed by atoms with E-state index in [9.17, 15) is 4.39 Å². The monoisotopic (exact) mass is 210 g/mol. The second-order valence-corrected chi connectivity index (χ2v) is 4.06. The fourth-order valence-corrected chi connectivity index (χ4v) is 2.32. The Bertz CT molecular complexity index is 683. The molecule has 0 heterocycles. The Hall–Kier alpha value is -1.89. The van der Waals surface area contributed by atoms with E-state index >= 15 is 0 Å². The molecule has 0 saturated heterocycles. The molecule has 0 saturated carbocycles. The number of aryl methyl sites for hydroxylation is 1. The predicted octanol–water partition coefficient (Wildman–Crippen LogP) is 4.44. The van der Waals surface area contributed by atoms with Gasteiger partial charge in [-0.05, 0) is 40.8 Å². The molecule has 0 N–H and O–H groups in total. The molecule has 0 unspecified atom stereocenters. The van der Waals surface area contributed by atoms with E-state index in [-0.39, 0.29) is 5.82 Å². The molecule has 3 rings (SSSR count). The highest BCUT2D eigenvalue weighted by atomic mass is 19.1. The van der Waals surface area contributed by atoms with Crippen molar-refractivity contribution in [3.8, 4) is 0 Å². The fourth-order valence-electron chi connectivity index (χ4n) is 2.32. The summed E-state index contributed by atoms with van der Waals surface area (Å²) in [6.45, 7) is 1.98. The van der Waals surface area contributed by atoms with Gasteiger partial charge in [0.15, 0.2) is 0 Å². The number of benzene rings is 3. The van der Waals surface area contributed by atoms with Gasteiger partial charge in [0.2, 0.25) is 0 Å². The van der Waals surface area contributed by atoms with Gasteiger partial charge >= 0.3 is 0 Å². The van der Waals surface area contributed by atoms with Gasteiger partial charge in [-0.25, -0.2) is 4.39 Å². The highest BCUT2D eigenvalue weighted by Gasteiger charge is 2.06. The minimum Gasteiger partial charge on any atom is -0.206 e. The van der Waals surface area contributed by atoms with Crippen LogP contribution in [0.4, 0.5) is 4.39 Å². The summed E-state index contributed by atoms with van der Waals surface area (Å²) in [5.41, 5.74) is 1.02. The second kappa shape index (κ2) is 3.31. The van der Waals surface area contributed by atoms with Crippen LogP contribution in [0.2, 0.25) is 0 Å². The molecule has 0 amide bonds. The van der Waals surface area contributed by atoms with Crippen molar-refractivity contribution in [2.45, 2.75) is 6.92 Å². The second-order valence-electron chi connectivity index (χ2n) is 4.06. The molecule has 0 fully saturated rings. The normalized spacial score (nSPS) is 11.1. The summed E-state index contributed by atoms with van der Waals surface area (Å²) in [5.74, 6) is -0.138. The van der Waals surface area contributed by atoms with Gasteiger partial charge < -0.3 is 0 Å². The van der Waals surface area contributed by atoms with E-state index in [1.54, 1.807) is 6.07 Å². The molecule has 0 atom stereocenters. The molecule has 3 aromatic carbocycles. The molecule has 0 radical (unpaired) electrons.